The molecule has 3 rings (SSSR count). The van der Waals surface area contributed by atoms with Crippen molar-refractivity contribution in [2.45, 2.75) is 13.2 Å². The van der Waals surface area contributed by atoms with Gasteiger partial charge < -0.3 is 20.4 Å². The summed E-state index contributed by atoms with van der Waals surface area (Å²) in [6, 6.07) is 9.32. The van der Waals surface area contributed by atoms with Crippen LogP contribution in [0.5, 0.6) is 5.75 Å². The van der Waals surface area contributed by atoms with Gasteiger partial charge in [-0.05, 0) is 44.4 Å². The van der Waals surface area contributed by atoms with E-state index in [4.69, 9.17) is 27.5 Å². The van der Waals surface area contributed by atoms with Gasteiger partial charge in [-0.25, -0.2) is 0 Å². The van der Waals surface area contributed by atoms with Gasteiger partial charge in [-0.1, -0.05) is 11.6 Å². The van der Waals surface area contributed by atoms with E-state index in [9.17, 15) is 4.79 Å². The largest absolute Gasteiger partial charge is 0.486 e. The van der Waals surface area contributed by atoms with Gasteiger partial charge in [0.2, 0.25) is 0 Å². The van der Waals surface area contributed by atoms with Crippen LogP contribution in [0.25, 0.3) is 10.9 Å². The third kappa shape index (κ3) is 4.30. The molecular weight excluding hydrogens is 398 g/mol. The number of carbonyl (C=O) groups excluding carboxylic acids is 1. The predicted octanol–water partition coefficient (Wildman–Crippen LogP) is 3.49. The number of ether oxygens (including phenoxy) is 1. The summed E-state index contributed by atoms with van der Waals surface area (Å²) in [5.74, 6) is -0.152. The zero-order valence-corrected chi connectivity index (χ0v) is 17.4. The number of benzene rings is 1. The van der Waals surface area contributed by atoms with Gasteiger partial charge in [0, 0.05) is 28.7 Å². The number of hydrogen-bond acceptors (Lipinski definition) is 5. The van der Waals surface area contributed by atoms with E-state index in [1.165, 1.54) is 11.9 Å². The normalized spacial score (nSPS) is 11.2. The second-order valence-electron chi connectivity index (χ2n) is 6.66. The Bertz CT molecular complexity index is 1030. The molecule has 0 saturated heterocycles. The Labute approximate surface area is 172 Å². The number of nitrogens with one attached hydrogen (secondary N) is 2. The van der Waals surface area contributed by atoms with Gasteiger partial charge in [0.25, 0.3) is 5.91 Å². The van der Waals surface area contributed by atoms with Crippen molar-refractivity contribution in [3.63, 3.8) is 0 Å². The standard InChI is InChI=1S/C19H22ClN5O2S/c1-24(2)9-11-4-5-12(28-11)10-27-16-7-6-14(20)13-8-15(23-17(13)16)18(26)25(3)19(21)22/h4-8,23H,9-10H2,1-3H3,(H3,21,22). The lowest BCUT2D eigenvalue weighted by Crippen LogP contribution is -2.38. The van der Waals surface area contributed by atoms with Crippen molar-refractivity contribution in [2.75, 3.05) is 21.1 Å². The Hall–Kier alpha value is -2.55. The van der Waals surface area contributed by atoms with Crippen LogP contribution in [0, 0.1) is 5.41 Å². The van der Waals surface area contributed by atoms with Gasteiger partial charge in [0.1, 0.15) is 18.1 Å². The van der Waals surface area contributed by atoms with Crippen LogP contribution in [-0.4, -0.2) is 47.8 Å². The smallest absolute Gasteiger partial charge is 0.276 e. The molecule has 0 spiro atoms. The molecule has 28 heavy (non-hydrogen) atoms. The van der Waals surface area contributed by atoms with Gasteiger partial charge in [-0.15, -0.1) is 11.3 Å². The van der Waals surface area contributed by atoms with Crippen LogP contribution in [0.4, 0.5) is 0 Å². The predicted molar refractivity (Wildman–Crippen MR) is 113 cm³/mol. The van der Waals surface area contributed by atoms with E-state index in [0.29, 0.717) is 28.3 Å². The topological polar surface area (TPSA) is 98.4 Å². The van der Waals surface area contributed by atoms with Crippen LogP contribution in [0.15, 0.2) is 30.3 Å². The zero-order chi connectivity index (χ0) is 20.4. The average molecular weight is 420 g/mol. The number of fused-ring (bicyclic) bond motifs is 1. The van der Waals surface area contributed by atoms with E-state index in [2.05, 4.69) is 22.0 Å². The highest BCUT2D eigenvalue weighted by atomic mass is 35.5. The van der Waals surface area contributed by atoms with Crippen LogP contribution in [0.2, 0.25) is 5.02 Å². The first kappa shape index (κ1) is 20.2. The lowest BCUT2D eigenvalue weighted by Gasteiger charge is -2.12. The maximum absolute atomic E-state index is 12.4. The third-order valence-corrected chi connectivity index (χ3v) is 5.53. The Morgan fingerprint density at radius 1 is 1.25 bits per heavy atom. The second-order valence-corrected chi connectivity index (χ2v) is 8.32. The fourth-order valence-corrected chi connectivity index (χ4v) is 3.99. The van der Waals surface area contributed by atoms with Crippen LogP contribution in [0.3, 0.4) is 0 Å². The monoisotopic (exact) mass is 419 g/mol. The van der Waals surface area contributed by atoms with Gasteiger partial charge in [0.15, 0.2) is 5.96 Å². The molecule has 0 atom stereocenters. The van der Waals surface area contributed by atoms with Crippen LogP contribution < -0.4 is 10.5 Å². The zero-order valence-electron chi connectivity index (χ0n) is 15.9. The van der Waals surface area contributed by atoms with E-state index in [-0.39, 0.29) is 11.7 Å². The van der Waals surface area contributed by atoms with E-state index < -0.39 is 5.91 Å². The van der Waals surface area contributed by atoms with E-state index >= 15 is 0 Å². The van der Waals surface area contributed by atoms with Gasteiger partial charge in [-0.3, -0.25) is 15.1 Å². The maximum Gasteiger partial charge on any atom is 0.276 e. The van der Waals surface area contributed by atoms with Crippen molar-refractivity contribution < 1.29 is 9.53 Å². The summed E-state index contributed by atoms with van der Waals surface area (Å²) >= 11 is 7.99. The Balaban J connectivity index is 1.83. The molecule has 0 aliphatic carbocycles. The molecule has 1 amide bonds. The van der Waals surface area contributed by atoms with Crippen LogP contribution in [-0.2, 0) is 13.2 Å². The summed E-state index contributed by atoms with van der Waals surface area (Å²) in [4.78, 5) is 21.0. The van der Waals surface area contributed by atoms with Gasteiger partial charge in [-0.2, -0.15) is 0 Å². The first-order valence-electron chi connectivity index (χ1n) is 8.54. The summed E-state index contributed by atoms with van der Waals surface area (Å²) in [5, 5.41) is 8.61. The average Bonchev–Trinajstić information content (AvgIpc) is 3.27. The fraction of sp³-hybridized carbons (Fsp3) is 0.263. The lowest BCUT2D eigenvalue weighted by molar-refractivity contribution is 0.0864. The molecule has 0 saturated carbocycles. The molecule has 4 N–H and O–H groups in total. The molecule has 0 bridgehead atoms. The summed E-state index contributed by atoms with van der Waals surface area (Å²) in [7, 11) is 5.51. The van der Waals surface area contributed by atoms with Crippen molar-refractivity contribution in [1.29, 1.82) is 5.41 Å². The number of H-pyrrole nitrogens is 1. The molecular formula is C19H22ClN5O2S. The van der Waals surface area contributed by atoms with Crippen LogP contribution >= 0.6 is 22.9 Å². The molecule has 2 aromatic heterocycles. The van der Waals surface area contributed by atoms with Crippen molar-refractivity contribution in [1.82, 2.24) is 14.8 Å². The number of nitrogens with two attached hydrogens (primary N) is 1. The van der Waals surface area contributed by atoms with Crippen molar-refractivity contribution in [3.05, 3.63) is 50.8 Å². The molecule has 148 valence electrons. The van der Waals surface area contributed by atoms with Crippen molar-refractivity contribution in [3.8, 4) is 5.75 Å². The maximum atomic E-state index is 12.4. The van der Waals surface area contributed by atoms with Crippen molar-refractivity contribution >= 4 is 45.7 Å². The van der Waals surface area contributed by atoms with E-state index in [0.717, 1.165) is 16.3 Å². The Morgan fingerprint density at radius 3 is 2.64 bits per heavy atom. The number of carbonyl (C=O) groups is 1. The fourth-order valence-electron chi connectivity index (χ4n) is 2.73. The summed E-state index contributed by atoms with van der Waals surface area (Å²) < 4.78 is 5.99. The number of hydrogen-bond donors (Lipinski definition) is 3. The minimum Gasteiger partial charge on any atom is -0.486 e. The van der Waals surface area contributed by atoms with E-state index in [1.54, 1.807) is 29.5 Å². The SMILES string of the molecule is CN(C)Cc1ccc(COc2ccc(Cl)c3cc(C(=O)N(C)C(=N)N)[nH]c23)s1. The number of aromatic nitrogens is 1. The van der Waals surface area contributed by atoms with Crippen LogP contribution in [0.1, 0.15) is 20.2 Å². The number of guanidine groups is 1. The molecule has 1 aromatic carbocycles. The second kappa shape index (κ2) is 8.22. The summed E-state index contributed by atoms with van der Waals surface area (Å²) in [5.41, 5.74) is 6.32. The van der Waals surface area contributed by atoms with Gasteiger partial charge in [0.05, 0.1) is 10.5 Å². The molecule has 0 radical (unpaired) electrons. The van der Waals surface area contributed by atoms with Gasteiger partial charge >= 0.3 is 0 Å². The highest BCUT2D eigenvalue weighted by Crippen LogP contribution is 2.33. The quantitative estimate of drug-likeness (QED) is 0.420. The molecule has 2 heterocycles. The molecule has 0 fully saturated rings. The first-order chi connectivity index (χ1) is 13.3. The lowest BCUT2D eigenvalue weighted by atomic mass is 10.2. The Kier molecular flexibility index (Phi) is 5.93. The number of aromatic amines is 1. The summed E-state index contributed by atoms with van der Waals surface area (Å²) in [6.45, 7) is 1.31. The Morgan fingerprint density at radius 2 is 1.96 bits per heavy atom. The number of halogens is 1. The molecule has 0 unspecified atom stereocenters. The first-order valence-corrected chi connectivity index (χ1v) is 9.74. The molecule has 9 heteroatoms. The molecule has 7 nitrogen and oxygen atoms in total. The number of nitrogens with zero attached hydrogens (tertiary/aromatic N) is 2. The molecule has 0 aliphatic heterocycles. The highest BCUT2D eigenvalue weighted by molar-refractivity contribution is 7.11. The number of rotatable bonds is 6. The highest BCUT2D eigenvalue weighted by Gasteiger charge is 2.19. The number of thiophene rings is 1. The van der Waals surface area contributed by atoms with E-state index in [1.807, 2.05) is 14.1 Å². The molecule has 0 aliphatic rings. The third-order valence-electron chi connectivity index (χ3n) is 4.16. The van der Waals surface area contributed by atoms with Crippen molar-refractivity contribution in [2.24, 2.45) is 5.73 Å². The minimum atomic E-state index is -0.419. The molecule has 3 aromatic rings. The summed E-state index contributed by atoms with van der Waals surface area (Å²) in [6.07, 6.45) is 0. The minimum absolute atomic E-state index is 0.287. The number of amides is 1.